The molecule has 1 aliphatic rings. The molecular formula is C15H19N3O. The lowest BCUT2D eigenvalue weighted by Crippen LogP contribution is -2.28. The molecule has 0 unspecified atom stereocenters. The third kappa shape index (κ3) is 2.36. The molecular weight excluding hydrogens is 238 g/mol. The summed E-state index contributed by atoms with van der Waals surface area (Å²) in [6, 6.07) is 6.19. The summed E-state index contributed by atoms with van der Waals surface area (Å²) in [4.78, 5) is 6.67. The molecule has 4 nitrogen and oxygen atoms in total. The zero-order chi connectivity index (χ0) is 13.1. The summed E-state index contributed by atoms with van der Waals surface area (Å²) in [6.07, 6.45) is 4.92. The standard InChI is InChI=1S/C15H19N3O/c1-19-14-4-3-12-5-7-17-11-13(12)15(14)18-9-2-6-16-8-10-18/h3-5,7,11,16H,2,6,8-10H2,1H3. The fourth-order valence-electron chi connectivity index (χ4n) is 2.69. The van der Waals surface area contributed by atoms with E-state index in [-0.39, 0.29) is 0 Å². The Balaban J connectivity index is 2.12. The number of hydrogen-bond acceptors (Lipinski definition) is 4. The Labute approximate surface area is 113 Å². The molecule has 100 valence electrons. The summed E-state index contributed by atoms with van der Waals surface area (Å²) in [5.74, 6) is 0.933. The van der Waals surface area contributed by atoms with Crippen LogP contribution in [0.5, 0.6) is 5.75 Å². The van der Waals surface area contributed by atoms with Crippen LogP contribution in [0, 0.1) is 0 Å². The molecule has 0 radical (unpaired) electrons. The zero-order valence-corrected chi connectivity index (χ0v) is 11.2. The van der Waals surface area contributed by atoms with Crippen LogP contribution in [0.15, 0.2) is 30.6 Å². The predicted molar refractivity (Wildman–Crippen MR) is 78.0 cm³/mol. The number of anilines is 1. The number of pyridine rings is 1. The predicted octanol–water partition coefficient (Wildman–Crippen LogP) is 2.04. The van der Waals surface area contributed by atoms with E-state index >= 15 is 0 Å². The smallest absolute Gasteiger partial charge is 0.142 e. The molecule has 0 spiro atoms. The number of fused-ring (bicyclic) bond motifs is 1. The fraction of sp³-hybridized carbons (Fsp3) is 0.400. The van der Waals surface area contributed by atoms with E-state index in [2.05, 4.69) is 27.3 Å². The van der Waals surface area contributed by atoms with Gasteiger partial charge in [0.1, 0.15) is 5.75 Å². The van der Waals surface area contributed by atoms with Gasteiger partial charge in [0, 0.05) is 37.4 Å². The first-order valence-corrected chi connectivity index (χ1v) is 6.76. The lowest BCUT2D eigenvalue weighted by Gasteiger charge is -2.26. The Bertz CT molecular complexity index is 562. The Hall–Kier alpha value is -1.81. The molecule has 1 N–H and O–H groups in total. The van der Waals surface area contributed by atoms with Crippen LogP contribution >= 0.6 is 0 Å². The number of hydrogen-bond donors (Lipinski definition) is 1. The van der Waals surface area contributed by atoms with Gasteiger partial charge in [-0.25, -0.2) is 0 Å². The summed E-state index contributed by atoms with van der Waals surface area (Å²) in [5.41, 5.74) is 1.18. The average molecular weight is 257 g/mol. The quantitative estimate of drug-likeness (QED) is 0.893. The van der Waals surface area contributed by atoms with Gasteiger partial charge in [-0.15, -0.1) is 0 Å². The Morgan fingerprint density at radius 2 is 2.16 bits per heavy atom. The van der Waals surface area contributed by atoms with Crippen molar-refractivity contribution in [3.05, 3.63) is 30.6 Å². The maximum atomic E-state index is 5.56. The van der Waals surface area contributed by atoms with E-state index < -0.39 is 0 Å². The second-order valence-corrected chi connectivity index (χ2v) is 4.80. The summed E-state index contributed by atoms with van der Waals surface area (Å²) < 4.78 is 5.56. The van der Waals surface area contributed by atoms with Crippen molar-refractivity contribution in [1.82, 2.24) is 10.3 Å². The second-order valence-electron chi connectivity index (χ2n) is 4.80. The first kappa shape index (κ1) is 12.2. The normalized spacial score (nSPS) is 16.4. The zero-order valence-electron chi connectivity index (χ0n) is 11.2. The van der Waals surface area contributed by atoms with Crippen LogP contribution in [-0.2, 0) is 0 Å². The van der Waals surface area contributed by atoms with Gasteiger partial charge in [0.15, 0.2) is 0 Å². The van der Waals surface area contributed by atoms with Gasteiger partial charge in [0.05, 0.1) is 12.8 Å². The number of benzene rings is 1. The van der Waals surface area contributed by atoms with Crippen LogP contribution in [0.2, 0.25) is 0 Å². The van der Waals surface area contributed by atoms with E-state index in [1.54, 1.807) is 7.11 Å². The van der Waals surface area contributed by atoms with E-state index in [0.29, 0.717) is 0 Å². The molecule has 0 bridgehead atoms. The number of ether oxygens (including phenoxy) is 1. The number of methoxy groups -OCH3 is 1. The molecule has 1 fully saturated rings. The summed E-state index contributed by atoms with van der Waals surface area (Å²) >= 11 is 0. The van der Waals surface area contributed by atoms with Crippen molar-refractivity contribution in [1.29, 1.82) is 0 Å². The second kappa shape index (κ2) is 5.45. The van der Waals surface area contributed by atoms with Crippen molar-refractivity contribution >= 4 is 16.5 Å². The highest BCUT2D eigenvalue weighted by atomic mass is 16.5. The maximum absolute atomic E-state index is 5.56. The van der Waals surface area contributed by atoms with Crippen molar-refractivity contribution in [2.75, 3.05) is 38.2 Å². The van der Waals surface area contributed by atoms with Gasteiger partial charge < -0.3 is 15.0 Å². The maximum Gasteiger partial charge on any atom is 0.142 e. The lowest BCUT2D eigenvalue weighted by molar-refractivity contribution is 0.415. The third-order valence-corrected chi connectivity index (χ3v) is 3.63. The van der Waals surface area contributed by atoms with E-state index in [9.17, 15) is 0 Å². The van der Waals surface area contributed by atoms with Gasteiger partial charge in [-0.05, 0) is 30.5 Å². The number of nitrogens with zero attached hydrogens (tertiary/aromatic N) is 2. The number of rotatable bonds is 2. The topological polar surface area (TPSA) is 37.4 Å². The van der Waals surface area contributed by atoms with Gasteiger partial charge in [-0.1, -0.05) is 6.07 Å². The summed E-state index contributed by atoms with van der Waals surface area (Å²) in [6.45, 7) is 4.16. The molecule has 19 heavy (non-hydrogen) atoms. The van der Waals surface area contributed by atoms with Crippen LogP contribution in [-0.4, -0.2) is 38.3 Å². The third-order valence-electron chi connectivity index (χ3n) is 3.63. The van der Waals surface area contributed by atoms with Crippen molar-refractivity contribution in [3.8, 4) is 5.75 Å². The minimum Gasteiger partial charge on any atom is -0.495 e. The Morgan fingerprint density at radius 1 is 1.21 bits per heavy atom. The molecule has 0 saturated carbocycles. The number of aromatic nitrogens is 1. The molecule has 1 saturated heterocycles. The fourth-order valence-corrected chi connectivity index (χ4v) is 2.69. The van der Waals surface area contributed by atoms with Crippen molar-refractivity contribution in [2.45, 2.75) is 6.42 Å². The summed E-state index contributed by atoms with van der Waals surface area (Å²) in [7, 11) is 1.73. The van der Waals surface area contributed by atoms with Crippen LogP contribution < -0.4 is 15.0 Å². The molecule has 2 aromatic rings. The minimum atomic E-state index is 0.933. The molecule has 0 aliphatic carbocycles. The largest absolute Gasteiger partial charge is 0.495 e. The van der Waals surface area contributed by atoms with Crippen molar-refractivity contribution in [2.24, 2.45) is 0 Å². The van der Waals surface area contributed by atoms with Crippen LogP contribution in [0.25, 0.3) is 10.8 Å². The molecule has 2 heterocycles. The SMILES string of the molecule is COc1ccc2ccncc2c1N1CCCNCC1. The van der Waals surface area contributed by atoms with E-state index in [4.69, 9.17) is 4.74 Å². The highest BCUT2D eigenvalue weighted by Crippen LogP contribution is 2.36. The van der Waals surface area contributed by atoms with Gasteiger partial charge in [-0.2, -0.15) is 0 Å². The van der Waals surface area contributed by atoms with Crippen molar-refractivity contribution < 1.29 is 4.74 Å². The monoisotopic (exact) mass is 257 g/mol. The van der Waals surface area contributed by atoms with Crippen molar-refractivity contribution in [3.63, 3.8) is 0 Å². The van der Waals surface area contributed by atoms with Gasteiger partial charge >= 0.3 is 0 Å². The Kier molecular flexibility index (Phi) is 3.51. The number of nitrogens with one attached hydrogen (secondary N) is 1. The van der Waals surface area contributed by atoms with Crippen LogP contribution in [0.3, 0.4) is 0 Å². The lowest BCUT2D eigenvalue weighted by atomic mass is 10.1. The van der Waals surface area contributed by atoms with Crippen LogP contribution in [0.4, 0.5) is 5.69 Å². The molecule has 0 atom stereocenters. The van der Waals surface area contributed by atoms with Gasteiger partial charge in [0.2, 0.25) is 0 Å². The van der Waals surface area contributed by atoms with Gasteiger partial charge in [0.25, 0.3) is 0 Å². The molecule has 1 aliphatic heterocycles. The van der Waals surface area contributed by atoms with Gasteiger partial charge in [-0.3, -0.25) is 4.98 Å². The Morgan fingerprint density at radius 3 is 3.05 bits per heavy atom. The highest BCUT2D eigenvalue weighted by Gasteiger charge is 2.17. The molecule has 1 aromatic heterocycles. The molecule has 1 aromatic carbocycles. The molecule has 4 heteroatoms. The average Bonchev–Trinajstić information content (AvgIpc) is 2.75. The molecule has 3 rings (SSSR count). The minimum absolute atomic E-state index is 0.933. The van der Waals surface area contributed by atoms with Crippen LogP contribution in [0.1, 0.15) is 6.42 Å². The molecule has 0 amide bonds. The first-order chi connectivity index (χ1) is 9.40. The van der Waals surface area contributed by atoms with E-state index in [1.165, 1.54) is 16.5 Å². The van der Waals surface area contributed by atoms with E-state index in [0.717, 1.165) is 38.3 Å². The highest BCUT2D eigenvalue weighted by molar-refractivity contribution is 5.96. The van der Waals surface area contributed by atoms with E-state index in [1.807, 2.05) is 18.5 Å². The summed E-state index contributed by atoms with van der Waals surface area (Å²) in [5, 5.41) is 5.82. The first-order valence-electron chi connectivity index (χ1n) is 6.76.